The Morgan fingerprint density at radius 2 is 1.85 bits per heavy atom. The van der Waals surface area contributed by atoms with Gasteiger partial charge < -0.3 is 14.8 Å². The molecular formula is C7H17NO4S. The van der Waals surface area contributed by atoms with Gasteiger partial charge in [0.05, 0.1) is 5.75 Å². The maximum Gasteiger partial charge on any atom is 0.169 e. The SMILES string of the molecule is COC(CNCCS(C)(=O)=O)OC. The molecule has 0 bridgehead atoms. The van der Waals surface area contributed by atoms with Crippen LogP contribution in [0.3, 0.4) is 0 Å². The monoisotopic (exact) mass is 211 g/mol. The molecule has 0 atom stereocenters. The Bertz CT molecular complexity index is 211. The average molecular weight is 211 g/mol. The quantitative estimate of drug-likeness (QED) is 0.443. The van der Waals surface area contributed by atoms with Gasteiger partial charge in [-0.25, -0.2) is 8.42 Å². The highest BCUT2D eigenvalue weighted by molar-refractivity contribution is 7.90. The molecule has 0 amide bonds. The molecule has 5 nitrogen and oxygen atoms in total. The molecule has 0 radical (unpaired) electrons. The summed E-state index contributed by atoms with van der Waals surface area (Å²) in [5.74, 6) is 0.132. The molecule has 0 unspecified atom stereocenters. The highest BCUT2D eigenvalue weighted by Crippen LogP contribution is 1.87. The van der Waals surface area contributed by atoms with Crippen molar-refractivity contribution in [1.29, 1.82) is 0 Å². The van der Waals surface area contributed by atoms with E-state index in [1.54, 1.807) is 0 Å². The van der Waals surface area contributed by atoms with E-state index >= 15 is 0 Å². The van der Waals surface area contributed by atoms with Gasteiger partial charge in [-0.15, -0.1) is 0 Å². The fourth-order valence-electron chi connectivity index (χ4n) is 0.740. The molecule has 0 aliphatic carbocycles. The molecule has 0 saturated heterocycles. The Balaban J connectivity index is 3.45. The number of hydrogen-bond donors (Lipinski definition) is 1. The lowest BCUT2D eigenvalue weighted by Crippen LogP contribution is -2.32. The van der Waals surface area contributed by atoms with Gasteiger partial charge in [0.2, 0.25) is 0 Å². The van der Waals surface area contributed by atoms with E-state index in [1.807, 2.05) is 0 Å². The van der Waals surface area contributed by atoms with Gasteiger partial charge in [-0.2, -0.15) is 0 Å². The summed E-state index contributed by atoms with van der Waals surface area (Å²) in [4.78, 5) is 0. The minimum atomic E-state index is -2.88. The van der Waals surface area contributed by atoms with Crippen molar-refractivity contribution in [3.8, 4) is 0 Å². The van der Waals surface area contributed by atoms with Gasteiger partial charge in [-0.05, 0) is 0 Å². The van der Waals surface area contributed by atoms with Crippen molar-refractivity contribution >= 4 is 9.84 Å². The number of sulfone groups is 1. The van der Waals surface area contributed by atoms with Crippen molar-refractivity contribution in [3.63, 3.8) is 0 Å². The van der Waals surface area contributed by atoms with Crippen LogP contribution in [0, 0.1) is 0 Å². The van der Waals surface area contributed by atoms with Gasteiger partial charge in [0, 0.05) is 33.6 Å². The third-order valence-electron chi connectivity index (χ3n) is 1.49. The maximum atomic E-state index is 10.7. The van der Waals surface area contributed by atoms with Gasteiger partial charge in [0.1, 0.15) is 9.84 Å². The average Bonchev–Trinajstić information content (AvgIpc) is 2.03. The molecule has 0 aliphatic heterocycles. The number of hydrogen-bond acceptors (Lipinski definition) is 5. The first-order chi connectivity index (χ1) is 5.99. The van der Waals surface area contributed by atoms with E-state index in [0.29, 0.717) is 13.1 Å². The van der Waals surface area contributed by atoms with Crippen molar-refractivity contribution in [2.45, 2.75) is 6.29 Å². The summed E-state index contributed by atoms with van der Waals surface area (Å²) in [5.41, 5.74) is 0. The summed E-state index contributed by atoms with van der Waals surface area (Å²) in [5, 5.41) is 2.91. The minimum Gasteiger partial charge on any atom is -0.355 e. The van der Waals surface area contributed by atoms with Crippen LogP contribution in [0.25, 0.3) is 0 Å². The van der Waals surface area contributed by atoms with Crippen LogP contribution in [-0.2, 0) is 19.3 Å². The predicted octanol–water partition coefficient (Wildman–Crippen LogP) is -0.760. The fourth-order valence-corrected chi connectivity index (χ4v) is 1.26. The van der Waals surface area contributed by atoms with E-state index in [4.69, 9.17) is 9.47 Å². The van der Waals surface area contributed by atoms with Gasteiger partial charge in [-0.3, -0.25) is 0 Å². The number of rotatable bonds is 7. The molecule has 13 heavy (non-hydrogen) atoms. The second kappa shape index (κ2) is 6.31. The van der Waals surface area contributed by atoms with Crippen molar-refractivity contribution in [2.75, 3.05) is 39.3 Å². The van der Waals surface area contributed by atoms with Crippen LogP contribution in [0.5, 0.6) is 0 Å². The number of methoxy groups -OCH3 is 2. The van der Waals surface area contributed by atoms with Crippen LogP contribution < -0.4 is 5.32 Å². The Morgan fingerprint density at radius 1 is 1.31 bits per heavy atom. The van der Waals surface area contributed by atoms with Crippen molar-refractivity contribution in [2.24, 2.45) is 0 Å². The highest BCUT2D eigenvalue weighted by atomic mass is 32.2. The molecule has 0 heterocycles. The largest absolute Gasteiger partial charge is 0.355 e. The predicted molar refractivity (Wildman–Crippen MR) is 50.4 cm³/mol. The Kier molecular flexibility index (Phi) is 6.23. The lowest BCUT2D eigenvalue weighted by Gasteiger charge is -2.13. The van der Waals surface area contributed by atoms with Crippen LogP contribution in [0.4, 0.5) is 0 Å². The zero-order chi connectivity index (χ0) is 10.3. The minimum absolute atomic E-state index is 0.132. The normalized spacial score (nSPS) is 12.3. The first-order valence-electron chi connectivity index (χ1n) is 3.93. The molecule has 6 heteroatoms. The van der Waals surface area contributed by atoms with Crippen LogP contribution in [0.1, 0.15) is 0 Å². The molecule has 0 aromatic carbocycles. The topological polar surface area (TPSA) is 64.6 Å². The van der Waals surface area contributed by atoms with Gasteiger partial charge in [-0.1, -0.05) is 0 Å². The summed E-state index contributed by atoms with van der Waals surface area (Å²) < 4.78 is 31.2. The molecule has 1 N–H and O–H groups in total. The summed E-state index contributed by atoms with van der Waals surface area (Å²) in [6, 6.07) is 0. The van der Waals surface area contributed by atoms with Crippen LogP contribution in [0.15, 0.2) is 0 Å². The third-order valence-corrected chi connectivity index (χ3v) is 2.43. The lowest BCUT2D eigenvalue weighted by atomic mass is 10.6. The second-order valence-electron chi connectivity index (χ2n) is 2.73. The molecule has 0 aliphatic rings. The molecule has 0 aromatic rings. The summed E-state index contributed by atoms with van der Waals surface area (Å²) in [6.45, 7) is 0.907. The molecule has 0 rings (SSSR count). The Labute approximate surface area is 79.3 Å². The van der Waals surface area contributed by atoms with Crippen molar-refractivity contribution in [3.05, 3.63) is 0 Å². The molecular weight excluding hydrogens is 194 g/mol. The smallest absolute Gasteiger partial charge is 0.169 e. The van der Waals surface area contributed by atoms with Gasteiger partial charge >= 0.3 is 0 Å². The first kappa shape index (κ1) is 12.8. The van der Waals surface area contributed by atoms with Gasteiger partial charge in [0.15, 0.2) is 6.29 Å². The van der Waals surface area contributed by atoms with Crippen LogP contribution in [-0.4, -0.2) is 54.0 Å². The Hall–Kier alpha value is -0.170. The molecule has 80 valence electrons. The number of nitrogens with one attached hydrogen (secondary N) is 1. The zero-order valence-electron chi connectivity index (χ0n) is 8.24. The molecule has 0 saturated carbocycles. The highest BCUT2D eigenvalue weighted by Gasteiger charge is 2.05. The van der Waals surface area contributed by atoms with E-state index in [9.17, 15) is 8.42 Å². The van der Waals surface area contributed by atoms with Gasteiger partial charge in [0.25, 0.3) is 0 Å². The zero-order valence-corrected chi connectivity index (χ0v) is 9.06. The third kappa shape index (κ3) is 8.17. The second-order valence-corrected chi connectivity index (χ2v) is 4.99. The van der Waals surface area contributed by atoms with Crippen molar-refractivity contribution in [1.82, 2.24) is 5.32 Å². The summed E-state index contributed by atoms with van der Waals surface area (Å²) in [7, 11) is 0.189. The molecule has 0 aromatic heterocycles. The molecule has 0 fully saturated rings. The van der Waals surface area contributed by atoms with Crippen LogP contribution >= 0.6 is 0 Å². The summed E-state index contributed by atoms with van der Waals surface area (Å²) >= 11 is 0. The first-order valence-corrected chi connectivity index (χ1v) is 5.99. The number of ether oxygens (including phenoxy) is 2. The lowest BCUT2D eigenvalue weighted by molar-refractivity contribution is -0.0984. The fraction of sp³-hybridized carbons (Fsp3) is 1.00. The summed E-state index contributed by atoms with van der Waals surface area (Å²) in [6.07, 6.45) is 0.887. The van der Waals surface area contributed by atoms with E-state index in [0.717, 1.165) is 0 Å². The standard InChI is InChI=1S/C7H17NO4S/c1-11-7(12-2)6-8-4-5-13(3,9)10/h7-8H,4-6H2,1-3H3. The van der Waals surface area contributed by atoms with E-state index in [2.05, 4.69) is 5.32 Å². The van der Waals surface area contributed by atoms with Crippen molar-refractivity contribution < 1.29 is 17.9 Å². The maximum absolute atomic E-state index is 10.7. The Morgan fingerprint density at radius 3 is 2.23 bits per heavy atom. The van der Waals surface area contributed by atoms with E-state index in [-0.39, 0.29) is 12.0 Å². The van der Waals surface area contributed by atoms with E-state index < -0.39 is 9.84 Å². The molecule has 0 spiro atoms. The van der Waals surface area contributed by atoms with E-state index in [1.165, 1.54) is 20.5 Å². The van der Waals surface area contributed by atoms with Crippen LogP contribution in [0.2, 0.25) is 0 Å².